The Hall–Kier alpha value is -4.14. The minimum Gasteiger partial charge on any atom is -0.454 e. The molecule has 0 fully saturated rings. The molecule has 4 radical (unpaired) electrons. The quantitative estimate of drug-likeness (QED) is 0.207. The number of carbonyl (C=O) groups is 3. The first kappa shape index (κ1) is 32.4. The second-order valence-corrected chi connectivity index (χ2v) is 11.5. The van der Waals surface area contributed by atoms with E-state index < -0.39 is 12.2 Å². The zero-order chi connectivity index (χ0) is 30.3. The molecule has 10 nitrogen and oxygen atoms in total. The lowest BCUT2D eigenvalue weighted by molar-refractivity contribution is 0.179. The van der Waals surface area contributed by atoms with Gasteiger partial charge in [-0.2, -0.15) is 0 Å². The maximum Gasteiger partial charge on any atom is 0.411 e. The van der Waals surface area contributed by atoms with Crippen LogP contribution in [0.5, 0.6) is 0 Å². The van der Waals surface area contributed by atoms with Crippen molar-refractivity contribution in [3.05, 3.63) is 89.0 Å². The second-order valence-electron chi connectivity index (χ2n) is 9.48. The number of benzene rings is 3. The smallest absolute Gasteiger partial charge is 0.411 e. The molecule has 12 heteroatoms. The maximum absolute atomic E-state index is 12.4. The predicted molar refractivity (Wildman–Crippen MR) is 167 cm³/mol. The zero-order valence-electron chi connectivity index (χ0n) is 24.0. The number of nitrogens with zero attached hydrogens (tertiary/aromatic N) is 1. The van der Waals surface area contributed by atoms with Gasteiger partial charge in [0.1, 0.15) is 0 Å². The lowest BCUT2D eigenvalue weighted by Gasteiger charge is -2.17. The van der Waals surface area contributed by atoms with Crippen molar-refractivity contribution in [1.82, 2.24) is 4.90 Å². The third-order valence-electron chi connectivity index (χ3n) is 5.94. The highest BCUT2D eigenvalue weighted by molar-refractivity contribution is 6.33. The van der Waals surface area contributed by atoms with Crippen molar-refractivity contribution < 1.29 is 29.0 Å². The second kappa shape index (κ2) is 17.0. The van der Waals surface area contributed by atoms with E-state index in [2.05, 4.69) is 22.0 Å². The van der Waals surface area contributed by atoms with Crippen LogP contribution < -0.4 is 16.0 Å². The summed E-state index contributed by atoms with van der Waals surface area (Å²) < 4.78 is 10.4. The Balaban J connectivity index is 1.82. The lowest BCUT2D eigenvalue weighted by Crippen LogP contribution is -2.33. The van der Waals surface area contributed by atoms with Crippen LogP contribution in [0.1, 0.15) is 22.3 Å². The minimum absolute atomic E-state index is 0.115. The molecular weight excluding hydrogens is 569 g/mol. The summed E-state index contributed by atoms with van der Waals surface area (Å²) in [6.07, 6.45) is 0.843. The molecule has 4 N–H and O–H groups in total. The van der Waals surface area contributed by atoms with E-state index in [4.69, 9.17) is 14.6 Å². The highest BCUT2D eigenvalue weighted by Crippen LogP contribution is 2.23. The maximum atomic E-state index is 12.4. The van der Waals surface area contributed by atoms with E-state index in [-0.39, 0.29) is 19.2 Å². The van der Waals surface area contributed by atoms with Crippen molar-refractivity contribution in [2.24, 2.45) is 0 Å². The van der Waals surface area contributed by atoms with Gasteiger partial charge in [-0.1, -0.05) is 43.4 Å². The van der Waals surface area contributed by atoms with Gasteiger partial charge in [-0.05, 0) is 71.5 Å². The lowest BCUT2D eigenvalue weighted by atomic mass is 9.98. The van der Waals surface area contributed by atoms with E-state index in [9.17, 15) is 14.4 Å². The standard InChI is InChI=1S/C30H36N4O6Si2/c1-34(10-11-35)28(36)31-25-8-4-6-21(15-25)12-23-14-24(18-27(17-23)33-30(38)40-20-42-3)13-22-7-5-9-26(16-22)32-29(37)39-19-41-2/h4-9,14-18,35H,10-13,19-20H2,1-3H3,(H,31,36)(H,32,37)(H,33,38). The van der Waals surface area contributed by atoms with Crippen LogP contribution in [0.2, 0.25) is 13.1 Å². The highest BCUT2D eigenvalue weighted by Gasteiger charge is 2.11. The topological polar surface area (TPSA) is 129 Å². The van der Waals surface area contributed by atoms with E-state index in [0.717, 1.165) is 22.3 Å². The van der Waals surface area contributed by atoms with E-state index in [0.29, 0.717) is 61.4 Å². The summed E-state index contributed by atoms with van der Waals surface area (Å²) in [5.74, 6) is 0. The summed E-state index contributed by atoms with van der Waals surface area (Å²) in [5, 5.41) is 17.5. The summed E-state index contributed by atoms with van der Waals surface area (Å²) in [6, 6.07) is 20.7. The van der Waals surface area contributed by atoms with Crippen LogP contribution in [0.15, 0.2) is 66.7 Å². The summed E-state index contributed by atoms with van der Waals surface area (Å²) >= 11 is 0. The van der Waals surface area contributed by atoms with Crippen LogP contribution in [-0.4, -0.2) is 79.9 Å². The van der Waals surface area contributed by atoms with Gasteiger partial charge in [-0.15, -0.1) is 0 Å². The number of ether oxygens (including phenoxy) is 2. The summed E-state index contributed by atoms with van der Waals surface area (Å²) in [6.45, 7) is 4.04. The van der Waals surface area contributed by atoms with Gasteiger partial charge < -0.3 is 24.8 Å². The number of rotatable bonds is 13. The fourth-order valence-corrected chi connectivity index (χ4v) is 4.63. The molecule has 4 amide bonds. The Labute approximate surface area is 251 Å². The molecule has 0 unspecified atom stereocenters. The molecule has 0 bridgehead atoms. The molecule has 3 aromatic carbocycles. The number of likely N-dealkylation sites (N-methyl/N-ethyl adjacent to an activating group) is 1. The molecule has 3 aromatic rings. The van der Waals surface area contributed by atoms with E-state index in [1.54, 1.807) is 19.2 Å². The molecule has 0 saturated carbocycles. The molecule has 220 valence electrons. The van der Waals surface area contributed by atoms with Gasteiger partial charge in [0.15, 0.2) is 0 Å². The molecule has 3 rings (SSSR count). The fraction of sp³-hybridized carbons (Fsp3) is 0.300. The largest absolute Gasteiger partial charge is 0.454 e. The minimum atomic E-state index is -0.512. The number of urea groups is 1. The van der Waals surface area contributed by atoms with Gasteiger partial charge in [-0.3, -0.25) is 10.6 Å². The van der Waals surface area contributed by atoms with Gasteiger partial charge in [-0.25, -0.2) is 14.4 Å². The molecule has 42 heavy (non-hydrogen) atoms. The van der Waals surface area contributed by atoms with E-state index in [1.165, 1.54) is 4.90 Å². The van der Waals surface area contributed by atoms with Crippen LogP contribution in [0.3, 0.4) is 0 Å². The van der Waals surface area contributed by atoms with Crippen LogP contribution in [-0.2, 0) is 22.3 Å². The van der Waals surface area contributed by atoms with E-state index in [1.807, 2.05) is 61.6 Å². The summed E-state index contributed by atoms with van der Waals surface area (Å²) in [4.78, 5) is 38.1. The van der Waals surface area contributed by atoms with Gasteiger partial charge >= 0.3 is 18.2 Å². The average molecular weight is 605 g/mol. The third-order valence-corrected chi connectivity index (χ3v) is 6.81. The normalized spacial score (nSPS) is 10.5. The van der Waals surface area contributed by atoms with Gasteiger partial charge in [0.2, 0.25) is 0 Å². The number of amides is 4. The van der Waals surface area contributed by atoms with Crippen molar-refractivity contribution in [1.29, 1.82) is 0 Å². The van der Waals surface area contributed by atoms with Crippen LogP contribution >= 0.6 is 0 Å². The van der Waals surface area contributed by atoms with Crippen molar-refractivity contribution in [3.8, 4) is 0 Å². The number of nitrogens with one attached hydrogen (secondary N) is 3. The van der Waals surface area contributed by atoms with Crippen LogP contribution in [0.4, 0.5) is 31.4 Å². The highest BCUT2D eigenvalue weighted by atomic mass is 28.2. The average Bonchev–Trinajstić information content (AvgIpc) is 2.95. The molecular formula is C30H36N4O6Si2. The Morgan fingerprint density at radius 3 is 1.69 bits per heavy atom. The molecule has 0 heterocycles. The molecule has 0 aliphatic heterocycles. The zero-order valence-corrected chi connectivity index (χ0v) is 26.0. The first-order valence-electron chi connectivity index (χ1n) is 13.4. The van der Waals surface area contributed by atoms with Crippen molar-refractivity contribution >= 4 is 54.3 Å². The predicted octanol–water partition coefficient (Wildman–Crippen LogP) is 4.84. The Kier molecular flexibility index (Phi) is 13.1. The Bertz CT molecular complexity index is 1360. The number of hydrogen-bond donors (Lipinski definition) is 4. The van der Waals surface area contributed by atoms with E-state index >= 15 is 0 Å². The Morgan fingerprint density at radius 1 is 0.714 bits per heavy atom. The van der Waals surface area contributed by atoms with Crippen LogP contribution in [0.25, 0.3) is 0 Å². The summed E-state index contributed by atoms with van der Waals surface area (Å²) in [7, 11) is 2.63. The van der Waals surface area contributed by atoms with Crippen molar-refractivity contribution in [2.45, 2.75) is 25.9 Å². The number of carbonyl (C=O) groups excluding carboxylic acids is 3. The SMILES string of the molecule is C[Si]COC(=O)Nc1cccc(Cc2cc(Cc3cccc(NC(=O)N(C)CCO)c3)cc(NC(=O)OC[Si]C)c2)c1. The first-order chi connectivity index (χ1) is 20.3. The monoisotopic (exact) mass is 604 g/mol. The number of aliphatic hydroxyl groups excluding tert-OH is 1. The van der Waals surface area contributed by atoms with Crippen molar-refractivity contribution in [2.75, 3.05) is 48.6 Å². The number of anilines is 3. The molecule has 0 spiro atoms. The number of aliphatic hydroxyl groups is 1. The fourth-order valence-electron chi connectivity index (χ4n) is 4.08. The molecule has 0 aliphatic carbocycles. The molecule has 0 aromatic heterocycles. The number of hydrogen-bond acceptors (Lipinski definition) is 6. The van der Waals surface area contributed by atoms with Gasteiger partial charge in [0.05, 0.1) is 38.1 Å². The molecule has 0 aliphatic rings. The van der Waals surface area contributed by atoms with Crippen LogP contribution in [0, 0.1) is 0 Å². The molecule has 0 atom stereocenters. The van der Waals surface area contributed by atoms with Gasteiger partial charge in [0.25, 0.3) is 0 Å². The molecule has 0 saturated heterocycles. The van der Waals surface area contributed by atoms with Gasteiger partial charge in [0, 0.05) is 30.7 Å². The third kappa shape index (κ3) is 11.0. The first-order valence-corrected chi connectivity index (χ1v) is 16.8. The summed E-state index contributed by atoms with van der Waals surface area (Å²) in [5.41, 5.74) is 5.75. The van der Waals surface area contributed by atoms with Crippen molar-refractivity contribution in [3.63, 3.8) is 0 Å². The Morgan fingerprint density at radius 2 is 1.19 bits per heavy atom.